The Balaban J connectivity index is 3.92. The molecule has 0 aliphatic heterocycles. The van der Waals surface area contributed by atoms with Crippen molar-refractivity contribution in [2.24, 2.45) is 0 Å². The number of aliphatic hydroxyl groups is 1. The number of allylic oxidation sites excluding steroid dienone is 3. The van der Waals surface area contributed by atoms with Gasteiger partial charge in [-0.3, -0.25) is 9.35 Å². The maximum atomic E-state index is 12.4. The van der Waals surface area contributed by atoms with Crippen LogP contribution < -0.4 is 5.32 Å². The van der Waals surface area contributed by atoms with E-state index in [0.717, 1.165) is 38.5 Å². The molecule has 0 saturated heterocycles. The molecule has 7 heteroatoms. The zero-order valence-electron chi connectivity index (χ0n) is 29.5. The lowest BCUT2D eigenvalue weighted by molar-refractivity contribution is -0.122. The predicted octanol–water partition coefficient (Wildman–Crippen LogP) is 10.8. The van der Waals surface area contributed by atoms with Gasteiger partial charge in [-0.1, -0.05) is 179 Å². The Morgan fingerprint density at radius 1 is 0.578 bits per heavy atom. The Labute approximate surface area is 279 Å². The number of hydrogen-bond donors (Lipinski definition) is 3. The van der Waals surface area contributed by atoms with Crippen molar-refractivity contribution in [2.75, 3.05) is 5.75 Å². The average molecular weight is 656 g/mol. The third-order valence-electron chi connectivity index (χ3n) is 8.63. The quantitative estimate of drug-likeness (QED) is 0.0363. The summed E-state index contributed by atoms with van der Waals surface area (Å²) in [6.45, 7) is 4.49. The van der Waals surface area contributed by atoms with Gasteiger partial charge in [-0.25, -0.2) is 0 Å². The SMILES string of the molecule is CCCCCCCCCCCCCCCCC/C=C/CC/C=C/C(O)C(CS(=O)(=O)O)NC(=O)CCCCCCCCCCC. The first-order chi connectivity index (χ1) is 21.8. The first-order valence-electron chi connectivity index (χ1n) is 19.0. The van der Waals surface area contributed by atoms with Crippen LogP contribution in [0.25, 0.3) is 0 Å². The molecule has 0 aromatic carbocycles. The van der Waals surface area contributed by atoms with Crippen molar-refractivity contribution < 1.29 is 22.9 Å². The van der Waals surface area contributed by atoms with Gasteiger partial charge < -0.3 is 10.4 Å². The standard InChI is InChI=1S/C38H73NO5S/c1-3-5-7-9-11-13-14-15-16-17-18-19-20-21-22-23-24-26-27-29-31-33-37(40)36(35-45(42,43)44)39-38(41)34-32-30-28-25-12-10-8-6-4-2/h24,26,31,33,36-37,40H,3-23,25,27-30,32,34-35H2,1-2H3,(H,39,41)(H,42,43,44)/b26-24+,33-31+. The highest BCUT2D eigenvalue weighted by Gasteiger charge is 2.24. The van der Waals surface area contributed by atoms with Gasteiger partial charge >= 0.3 is 0 Å². The molecule has 0 aromatic heterocycles. The van der Waals surface area contributed by atoms with Crippen molar-refractivity contribution in [1.29, 1.82) is 0 Å². The molecule has 0 fully saturated rings. The summed E-state index contributed by atoms with van der Waals surface area (Å²) in [4.78, 5) is 12.4. The third-order valence-corrected chi connectivity index (χ3v) is 9.41. The molecule has 3 N–H and O–H groups in total. The molecule has 45 heavy (non-hydrogen) atoms. The van der Waals surface area contributed by atoms with Crippen LogP contribution in [0.2, 0.25) is 0 Å². The molecular weight excluding hydrogens is 582 g/mol. The van der Waals surface area contributed by atoms with Gasteiger partial charge in [0, 0.05) is 6.42 Å². The number of aliphatic hydroxyl groups excluding tert-OH is 1. The fourth-order valence-electron chi connectivity index (χ4n) is 5.76. The highest BCUT2D eigenvalue weighted by Crippen LogP contribution is 2.14. The number of amides is 1. The van der Waals surface area contributed by atoms with E-state index in [2.05, 4.69) is 31.3 Å². The number of nitrogens with one attached hydrogen (secondary N) is 1. The largest absolute Gasteiger partial charge is 0.387 e. The number of carbonyl (C=O) groups is 1. The van der Waals surface area contributed by atoms with E-state index in [9.17, 15) is 22.9 Å². The Morgan fingerprint density at radius 2 is 0.956 bits per heavy atom. The summed E-state index contributed by atoms with van der Waals surface area (Å²) in [6.07, 6.45) is 40.4. The molecule has 266 valence electrons. The summed E-state index contributed by atoms with van der Waals surface area (Å²) >= 11 is 0. The maximum Gasteiger partial charge on any atom is 0.267 e. The average Bonchev–Trinajstić information content (AvgIpc) is 3.00. The predicted molar refractivity (Wildman–Crippen MR) is 193 cm³/mol. The second-order valence-electron chi connectivity index (χ2n) is 13.2. The summed E-state index contributed by atoms with van der Waals surface area (Å²) in [7, 11) is -4.34. The van der Waals surface area contributed by atoms with Crippen molar-refractivity contribution >= 4 is 16.0 Å². The minimum absolute atomic E-state index is 0.290. The lowest BCUT2D eigenvalue weighted by Crippen LogP contribution is -2.46. The zero-order chi connectivity index (χ0) is 33.3. The molecule has 0 aliphatic rings. The second-order valence-corrected chi connectivity index (χ2v) is 14.7. The Morgan fingerprint density at radius 3 is 1.40 bits per heavy atom. The van der Waals surface area contributed by atoms with Gasteiger partial charge in [0.15, 0.2) is 0 Å². The van der Waals surface area contributed by atoms with E-state index in [1.165, 1.54) is 141 Å². The Hall–Kier alpha value is -1.18. The molecule has 0 bridgehead atoms. The fraction of sp³-hybridized carbons (Fsp3) is 0.868. The number of rotatable bonds is 34. The van der Waals surface area contributed by atoms with Crippen LogP contribution in [-0.4, -0.2) is 41.9 Å². The molecular formula is C38H73NO5S. The summed E-state index contributed by atoms with van der Waals surface area (Å²) in [5, 5.41) is 13.1. The number of carbonyl (C=O) groups excluding carboxylic acids is 1. The van der Waals surface area contributed by atoms with Gasteiger partial charge in [-0.05, 0) is 32.1 Å². The normalized spacial score (nSPS) is 13.6. The van der Waals surface area contributed by atoms with Crippen LogP contribution >= 0.6 is 0 Å². The summed E-state index contributed by atoms with van der Waals surface area (Å²) in [5.74, 6) is -0.998. The van der Waals surface area contributed by atoms with Crippen LogP contribution in [0.15, 0.2) is 24.3 Å². The summed E-state index contributed by atoms with van der Waals surface area (Å²) in [5.41, 5.74) is 0. The molecule has 2 unspecified atom stereocenters. The third kappa shape index (κ3) is 34.0. The van der Waals surface area contributed by atoms with Crippen molar-refractivity contribution in [3.63, 3.8) is 0 Å². The van der Waals surface area contributed by atoms with Gasteiger partial charge in [0.1, 0.15) is 0 Å². The van der Waals surface area contributed by atoms with E-state index in [-0.39, 0.29) is 5.91 Å². The van der Waals surface area contributed by atoms with Gasteiger partial charge in [0.2, 0.25) is 5.91 Å². The van der Waals surface area contributed by atoms with E-state index in [0.29, 0.717) is 6.42 Å². The molecule has 0 aliphatic carbocycles. The van der Waals surface area contributed by atoms with Crippen LogP contribution in [0.3, 0.4) is 0 Å². The van der Waals surface area contributed by atoms with Crippen molar-refractivity contribution in [2.45, 2.75) is 206 Å². The van der Waals surface area contributed by atoms with Crippen molar-refractivity contribution in [3.8, 4) is 0 Å². The smallest absolute Gasteiger partial charge is 0.267 e. The van der Waals surface area contributed by atoms with Gasteiger partial charge in [0.05, 0.1) is 17.9 Å². The van der Waals surface area contributed by atoms with Crippen LogP contribution in [-0.2, 0) is 14.9 Å². The Kier molecular flexibility index (Phi) is 31.9. The van der Waals surface area contributed by atoms with Crippen molar-refractivity contribution in [1.82, 2.24) is 5.32 Å². The molecule has 0 aromatic rings. The van der Waals surface area contributed by atoms with Crippen LogP contribution in [0.5, 0.6) is 0 Å². The first kappa shape index (κ1) is 43.8. The van der Waals surface area contributed by atoms with Crippen LogP contribution in [0, 0.1) is 0 Å². The zero-order valence-corrected chi connectivity index (χ0v) is 30.3. The second kappa shape index (κ2) is 32.7. The topological polar surface area (TPSA) is 104 Å². The monoisotopic (exact) mass is 656 g/mol. The molecule has 0 heterocycles. The lowest BCUT2D eigenvalue weighted by atomic mass is 10.0. The Bertz CT molecular complexity index is 811. The van der Waals surface area contributed by atoms with Crippen molar-refractivity contribution in [3.05, 3.63) is 24.3 Å². The molecule has 6 nitrogen and oxygen atoms in total. The van der Waals surface area contributed by atoms with Gasteiger partial charge in [-0.15, -0.1) is 0 Å². The molecule has 2 atom stereocenters. The van der Waals surface area contributed by atoms with E-state index in [4.69, 9.17) is 0 Å². The minimum atomic E-state index is -4.34. The van der Waals surface area contributed by atoms with E-state index in [1.807, 2.05) is 6.08 Å². The van der Waals surface area contributed by atoms with Crippen LogP contribution in [0.1, 0.15) is 194 Å². The molecule has 0 saturated carbocycles. The summed E-state index contributed by atoms with van der Waals surface area (Å²) in [6, 6.07) is -1.07. The number of unbranched alkanes of at least 4 members (excludes halogenated alkanes) is 24. The highest BCUT2D eigenvalue weighted by atomic mass is 32.2. The highest BCUT2D eigenvalue weighted by molar-refractivity contribution is 7.85. The van der Waals surface area contributed by atoms with E-state index >= 15 is 0 Å². The summed E-state index contributed by atoms with van der Waals surface area (Å²) < 4.78 is 32.3. The molecule has 1 amide bonds. The number of hydrogen-bond acceptors (Lipinski definition) is 4. The fourth-order valence-corrected chi connectivity index (χ4v) is 6.49. The minimum Gasteiger partial charge on any atom is -0.387 e. The van der Waals surface area contributed by atoms with E-state index < -0.39 is 28.0 Å². The van der Waals surface area contributed by atoms with Gasteiger partial charge in [-0.2, -0.15) is 8.42 Å². The maximum absolute atomic E-state index is 12.4. The van der Waals surface area contributed by atoms with Crippen LogP contribution in [0.4, 0.5) is 0 Å². The molecule has 0 radical (unpaired) electrons. The van der Waals surface area contributed by atoms with E-state index in [1.54, 1.807) is 0 Å². The first-order valence-corrected chi connectivity index (χ1v) is 20.6. The van der Waals surface area contributed by atoms with Gasteiger partial charge in [0.25, 0.3) is 10.1 Å². The lowest BCUT2D eigenvalue weighted by Gasteiger charge is -2.21. The molecule has 0 spiro atoms. The molecule has 0 rings (SSSR count).